The van der Waals surface area contributed by atoms with Crippen LogP contribution in [-0.2, 0) is 33.9 Å². The molecule has 1 aromatic heterocycles. The second kappa shape index (κ2) is 14.8. The van der Waals surface area contributed by atoms with E-state index in [9.17, 15) is 14.4 Å². The molecule has 5 rings (SSSR count). The number of carbonyl (C=O) groups excluding carboxylic acids is 3. The van der Waals surface area contributed by atoms with Gasteiger partial charge in [0.2, 0.25) is 11.8 Å². The van der Waals surface area contributed by atoms with E-state index in [1.165, 1.54) is 5.56 Å². The predicted molar refractivity (Wildman–Crippen MR) is 164 cm³/mol. The van der Waals surface area contributed by atoms with Crippen molar-refractivity contribution in [2.45, 2.75) is 63.3 Å². The Morgan fingerprint density at radius 3 is 2.28 bits per heavy atom. The minimum Gasteiger partial charge on any atom is -0.445 e. The molecule has 43 heavy (non-hydrogen) atoms. The van der Waals surface area contributed by atoms with Crippen LogP contribution < -0.4 is 10.6 Å². The van der Waals surface area contributed by atoms with Crippen molar-refractivity contribution in [2.75, 3.05) is 26.2 Å². The summed E-state index contributed by atoms with van der Waals surface area (Å²) in [6.07, 6.45) is 7.00. The second-order valence-corrected chi connectivity index (χ2v) is 11.4. The molecule has 2 aliphatic rings. The van der Waals surface area contributed by atoms with Crippen LogP contribution in [0.3, 0.4) is 0 Å². The lowest BCUT2D eigenvalue weighted by Gasteiger charge is -2.51. The van der Waals surface area contributed by atoms with Crippen molar-refractivity contribution in [3.8, 4) is 0 Å². The lowest BCUT2D eigenvalue weighted by molar-refractivity contribution is -0.162. The number of likely N-dealkylation sites (tertiary alicyclic amines) is 1. The number of carbonyl (C=O) groups is 3. The Balaban J connectivity index is 1.14. The van der Waals surface area contributed by atoms with Gasteiger partial charge in [0, 0.05) is 45.1 Å². The number of nitrogens with one attached hydrogen (secondary N) is 2. The van der Waals surface area contributed by atoms with Crippen molar-refractivity contribution in [3.63, 3.8) is 0 Å². The number of amides is 3. The average Bonchev–Trinajstić information content (AvgIpc) is 3.05. The first-order chi connectivity index (χ1) is 21.0. The Hall–Kier alpha value is -4.24. The molecule has 9 heteroatoms. The normalized spacial score (nSPS) is 18.3. The van der Waals surface area contributed by atoms with Gasteiger partial charge in [0.05, 0.1) is 0 Å². The summed E-state index contributed by atoms with van der Waals surface area (Å²) in [5, 5.41) is 5.85. The summed E-state index contributed by atoms with van der Waals surface area (Å²) < 4.78 is 5.26. The number of piperidine rings is 1. The number of hydrogen-bond donors (Lipinski definition) is 2. The fraction of sp³-hybridized carbons (Fsp3) is 0.412. The maximum absolute atomic E-state index is 13.9. The molecule has 1 atom stereocenters. The molecule has 3 heterocycles. The molecular weight excluding hydrogens is 542 g/mol. The van der Waals surface area contributed by atoms with Gasteiger partial charge < -0.3 is 25.2 Å². The van der Waals surface area contributed by atoms with Crippen molar-refractivity contribution >= 4 is 17.9 Å². The number of rotatable bonds is 12. The monoisotopic (exact) mass is 583 g/mol. The summed E-state index contributed by atoms with van der Waals surface area (Å²) in [5.74, 6) is -0.0964. The van der Waals surface area contributed by atoms with Crippen LogP contribution in [0, 0.1) is 0 Å². The third-order valence-corrected chi connectivity index (χ3v) is 8.54. The molecule has 3 amide bonds. The zero-order valence-corrected chi connectivity index (χ0v) is 24.6. The largest absolute Gasteiger partial charge is 0.445 e. The first kappa shape index (κ1) is 30.2. The van der Waals surface area contributed by atoms with Gasteiger partial charge in [0.25, 0.3) is 0 Å². The highest BCUT2D eigenvalue weighted by Crippen LogP contribution is 2.35. The quantitative estimate of drug-likeness (QED) is 0.312. The molecule has 2 aromatic carbocycles. The molecule has 3 aromatic rings. The topological polar surface area (TPSA) is 104 Å². The molecule has 226 valence electrons. The van der Waals surface area contributed by atoms with Crippen molar-refractivity contribution in [1.29, 1.82) is 0 Å². The molecule has 9 nitrogen and oxygen atoms in total. The van der Waals surface area contributed by atoms with E-state index in [1.807, 2.05) is 53.4 Å². The lowest BCUT2D eigenvalue weighted by atomic mass is 9.81. The maximum atomic E-state index is 13.9. The Kier molecular flexibility index (Phi) is 10.4. The number of benzene rings is 2. The van der Waals surface area contributed by atoms with E-state index in [-0.39, 0.29) is 18.4 Å². The average molecular weight is 584 g/mol. The Labute approximate surface area is 253 Å². The van der Waals surface area contributed by atoms with Crippen molar-refractivity contribution in [1.82, 2.24) is 25.4 Å². The van der Waals surface area contributed by atoms with E-state index in [4.69, 9.17) is 4.74 Å². The second-order valence-electron chi connectivity index (χ2n) is 11.4. The number of nitrogens with zero attached hydrogens (tertiary/aromatic N) is 3. The van der Waals surface area contributed by atoms with E-state index in [2.05, 4.69) is 44.8 Å². The van der Waals surface area contributed by atoms with Crippen LogP contribution in [0.15, 0.2) is 85.2 Å². The van der Waals surface area contributed by atoms with Gasteiger partial charge in [-0.15, -0.1) is 0 Å². The molecule has 0 saturated carbocycles. The van der Waals surface area contributed by atoms with Gasteiger partial charge in [0.1, 0.15) is 18.2 Å². The summed E-state index contributed by atoms with van der Waals surface area (Å²) in [6.45, 7) is 3.48. The minimum absolute atomic E-state index is 0.0376. The SMILES string of the molecule is O=C(NCCCC[C@@H]1NC(=O)C2(CCN(CCc3ccccc3)CC2)N(Cc2ccncc2)C1=O)OCc1ccccc1. The van der Waals surface area contributed by atoms with Gasteiger partial charge in [-0.05, 0) is 67.3 Å². The fourth-order valence-corrected chi connectivity index (χ4v) is 5.99. The Bertz CT molecular complexity index is 1330. The Morgan fingerprint density at radius 2 is 1.58 bits per heavy atom. The zero-order valence-electron chi connectivity index (χ0n) is 24.6. The third kappa shape index (κ3) is 7.99. The van der Waals surface area contributed by atoms with Crippen LogP contribution in [0.4, 0.5) is 4.79 Å². The number of piperazine rings is 1. The molecule has 1 spiro atoms. The van der Waals surface area contributed by atoms with Crippen LogP contribution in [0.2, 0.25) is 0 Å². The third-order valence-electron chi connectivity index (χ3n) is 8.54. The van der Waals surface area contributed by atoms with E-state index in [0.29, 0.717) is 45.2 Å². The van der Waals surface area contributed by atoms with Crippen LogP contribution in [-0.4, -0.2) is 70.5 Å². The molecule has 0 unspecified atom stereocenters. The molecule has 0 bridgehead atoms. The van der Waals surface area contributed by atoms with E-state index >= 15 is 0 Å². The van der Waals surface area contributed by atoms with Gasteiger partial charge in [-0.2, -0.15) is 0 Å². The predicted octanol–water partition coefficient (Wildman–Crippen LogP) is 4.08. The first-order valence-electron chi connectivity index (χ1n) is 15.3. The molecule has 0 radical (unpaired) electrons. The molecule has 2 N–H and O–H groups in total. The van der Waals surface area contributed by atoms with Gasteiger partial charge in [-0.25, -0.2) is 4.79 Å². The van der Waals surface area contributed by atoms with Crippen LogP contribution in [0.1, 0.15) is 48.8 Å². The van der Waals surface area contributed by atoms with Crippen molar-refractivity contribution < 1.29 is 19.1 Å². The van der Waals surface area contributed by atoms with Crippen LogP contribution in [0.25, 0.3) is 0 Å². The van der Waals surface area contributed by atoms with Gasteiger partial charge in [-0.3, -0.25) is 14.6 Å². The number of aromatic nitrogens is 1. The maximum Gasteiger partial charge on any atom is 0.407 e. The highest BCUT2D eigenvalue weighted by atomic mass is 16.5. The number of pyridine rings is 1. The molecule has 2 aliphatic heterocycles. The number of alkyl carbamates (subject to hydrolysis) is 1. The lowest BCUT2D eigenvalue weighted by Crippen LogP contribution is -2.72. The highest BCUT2D eigenvalue weighted by molar-refractivity contribution is 6.00. The highest BCUT2D eigenvalue weighted by Gasteiger charge is 2.53. The summed E-state index contributed by atoms with van der Waals surface area (Å²) in [5.41, 5.74) is 2.33. The first-order valence-corrected chi connectivity index (χ1v) is 15.3. The van der Waals surface area contributed by atoms with Gasteiger partial charge >= 0.3 is 6.09 Å². The minimum atomic E-state index is -0.857. The molecular formula is C34H41N5O4. The van der Waals surface area contributed by atoms with Crippen molar-refractivity contribution in [2.24, 2.45) is 0 Å². The number of hydrogen-bond acceptors (Lipinski definition) is 6. The van der Waals surface area contributed by atoms with Gasteiger partial charge in [-0.1, -0.05) is 60.7 Å². The summed E-state index contributed by atoms with van der Waals surface area (Å²) >= 11 is 0. The summed E-state index contributed by atoms with van der Waals surface area (Å²) in [6, 6.07) is 23.2. The van der Waals surface area contributed by atoms with E-state index in [0.717, 1.165) is 37.2 Å². The van der Waals surface area contributed by atoms with E-state index in [1.54, 1.807) is 12.4 Å². The fourth-order valence-electron chi connectivity index (χ4n) is 5.99. The standard InChI is InChI=1S/C34H41N5O4/c40-31-30(13-7-8-19-36-33(42)43-26-29-11-5-2-6-12-29)37-32(41)34(39(31)25-28-14-20-35-21-15-28)17-23-38(24-18-34)22-16-27-9-3-1-4-10-27/h1-6,9-12,14-15,20-21,30H,7-8,13,16-19,22-26H2,(H,36,42)(H,37,41)/t30-/m0/s1. The number of unbranched alkanes of at least 4 members (excludes halogenated alkanes) is 1. The summed E-state index contributed by atoms with van der Waals surface area (Å²) in [7, 11) is 0. The summed E-state index contributed by atoms with van der Waals surface area (Å²) in [4.78, 5) is 48.1. The molecule has 2 fully saturated rings. The van der Waals surface area contributed by atoms with Crippen LogP contribution in [0.5, 0.6) is 0 Å². The smallest absolute Gasteiger partial charge is 0.407 e. The van der Waals surface area contributed by atoms with Crippen LogP contribution >= 0.6 is 0 Å². The molecule has 2 saturated heterocycles. The van der Waals surface area contributed by atoms with Gasteiger partial charge in [0.15, 0.2) is 0 Å². The number of ether oxygens (including phenoxy) is 1. The molecule has 0 aliphatic carbocycles. The van der Waals surface area contributed by atoms with Crippen molar-refractivity contribution in [3.05, 3.63) is 102 Å². The Morgan fingerprint density at radius 1 is 0.907 bits per heavy atom. The van der Waals surface area contributed by atoms with E-state index < -0.39 is 17.7 Å². The zero-order chi connectivity index (χ0) is 29.9.